The van der Waals surface area contributed by atoms with Crippen molar-refractivity contribution in [3.8, 4) is 17.0 Å². The molecule has 0 aliphatic heterocycles. The van der Waals surface area contributed by atoms with E-state index in [-0.39, 0.29) is 4.90 Å². The van der Waals surface area contributed by atoms with E-state index in [1.807, 2.05) is 25.1 Å². The zero-order chi connectivity index (χ0) is 19.6. The third-order valence-corrected chi connectivity index (χ3v) is 5.13. The van der Waals surface area contributed by atoms with Crippen LogP contribution in [0.3, 0.4) is 0 Å². The fourth-order valence-electron chi connectivity index (χ4n) is 2.68. The average Bonchev–Trinajstić information content (AvgIpc) is 2.62. The molecule has 0 aliphatic carbocycles. The maximum absolute atomic E-state index is 11.7. The van der Waals surface area contributed by atoms with Gasteiger partial charge in [0.1, 0.15) is 5.75 Å². The minimum Gasteiger partial charge on any atom is -0.495 e. The average molecular weight is 384 g/mol. The molecule has 0 saturated carbocycles. The summed E-state index contributed by atoms with van der Waals surface area (Å²) >= 11 is 0. The standard InChI is InChI=1S/C19H20N4O3S/c1-12-4-8-17(26-3)16(10-12)21-19-9-7-15(22-23-19)14-6-5-13(2)18(11-14)27(20,24)25/h4-11H,1-3H3,(H,21,23)(H2,20,24,25). The summed E-state index contributed by atoms with van der Waals surface area (Å²) in [5.74, 6) is 1.24. The number of sulfonamides is 1. The van der Waals surface area contributed by atoms with Crippen molar-refractivity contribution >= 4 is 21.5 Å². The van der Waals surface area contributed by atoms with E-state index in [0.717, 1.165) is 11.3 Å². The highest BCUT2D eigenvalue weighted by Gasteiger charge is 2.13. The van der Waals surface area contributed by atoms with E-state index in [2.05, 4.69) is 15.5 Å². The summed E-state index contributed by atoms with van der Waals surface area (Å²) in [7, 11) is -2.20. The van der Waals surface area contributed by atoms with Crippen molar-refractivity contribution in [1.29, 1.82) is 0 Å². The summed E-state index contributed by atoms with van der Waals surface area (Å²) in [4.78, 5) is 0.0773. The second-order valence-corrected chi connectivity index (χ2v) is 7.69. The van der Waals surface area contributed by atoms with Gasteiger partial charge in [0.05, 0.1) is 23.4 Å². The zero-order valence-electron chi connectivity index (χ0n) is 15.2. The van der Waals surface area contributed by atoms with Gasteiger partial charge in [0.2, 0.25) is 10.0 Å². The number of aromatic nitrogens is 2. The Hall–Kier alpha value is -2.97. The molecule has 2 aromatic carbocycles. The predicted molar refractivity (Wildman–Crippen MR) is 105 cm³/mol. The van der Waals surface area contributed by atoms with Crippen molar-refractivity contribution in [3.05, 3.63) is 59.7 Å². The van der Waals surface area contributed by atoms with E-state index in [1.165, 1.54) is 6.07 Å². The molecular formula is C19H20N4O3S. The first-order valence-electron chi connectivity index (χ1n) is 8.17. The predicted octanol–water partition coefficient (Wildman–Crippen LogP) is 3.16. The number of nitrogens with one attached hydrogen (secondary N) is 1. The number of anilines is 2. The van der Waals surface area contributed by atoms with Crippen molar-refractivity contribution < 1.29 is 13.2 Å². The van der Waals surface area contributed by atoms with Crippen molar-refractivity contribution in [2.75, 3.05) is 12.4 Å². The number of hydrogen-bond donors (Lipinski definition) is 2. The van der Waals surface area contributed by atoms with Gasteiger partial charge >= 0.3 is 0 Å². The fraction of sp³-hybridized carbons (Fsp3) is 0.158. The topological polar surface area (TPSA) is 107 Å². The SMILES string of the molecule is COc1ccc(C)cc1Nc1ccc(-c2ccc(C)c(S(N)(=O)=O)c2)nn1. The molecule has 3 rings (SSSR count). The number of rotatable bonds is 5. The van der Waals surface area contributed by atoms with Gasteiger partial charge in [-0.25, -0.2) is 13.6 Å². The van der Waals surface area contributed by atoms with Crippen LogP contribution in [-0.4, -0.2) is 25.7 Å². The molecule has 7 nitrogen and oxygen atoms in total. The van der Waals surface area contributed by atoms with Crippen molar-refractivity contribution in [2.45, 2.75) is 18.7 Å². The molecular weight excluding hydrogens is 364 g/mol. The maximum atomic E-state index is 11.7. The van der Waals surface area contributed by atoms with E-state index in [0.29, 0.717) is 28.4 Å². The van der Waals surface area contributed by atoms with E-state index in [9.17, 15) is 8.42 Å². The maximum Gasteiger partial charge on any atom is 0.238 e. The van der Waals surface area contributed by atoms with E-state index >= 15 is 0 Å². The molecule has 0 radical (unpaired) electrons. The zero-order valence-corrected chi connectivity index (χ0v) is 16.0. The Morgan fingerprint density at radius 2 is 1.78 bits per heavy atom. The van der Waals surface area contributed by atoms with E-state index in [1.54, 1.807) is 38.3 Å². The highest BCUT2D eigenvalue weighted by molar-refractivity contribution is 7.89. The Morgan fingerprint density at radius 3 is 2.41 bits per heavy atom. The van der Waals surface area contributed by atoms with Gasteiger partial charge in [0.25, 0.3) is 0 Å². The first kappa shape index (κ1) is 18.8. The second-order valence-electron chi connectivity index (χ2n) is 6.16. The summed E-state index contributed by atoms with van der Waals surface area (Å²) < 4.78 is 28.7. The molecule has 0 saturated heterocycles. The highest BCUT2D eigenvalue weighted by atomic mass is 32.2. The number of benzene rings is 2. The molecule has 0 spiro atoms. The van der Waals surface area contributed by atoms with Gasteiger partial charge < -0.3 is 10.1 Å². The third kappa shape index (κ3) is 4.24. The number of ether oxygens (including phenoxy) is 1. The summed E-state index contributed by atoms with van der Waals surface area (Å²) in [5.41, 5.74) is 3.61. The molecule has 27 heavy (non-hydrogen) atoms. The summed E-state index contributed by atoms with van der Waals surface area (Å²) in [6.07, 6.45) is 0. The van der Waals surface area contributed by atoms with Crippen LogP contribution in [-0.2, 0) is 10.0 Å². The van der Waals surface area contributed by atoms with Crippen LogP contribution in [0.5, 0.6) is 5.75 Å². The highest BCUT2D eigenvalue weighted by Crippen LogP contribution is 2.28. The molecule has 1 aromatic heterocycles. The Bertz CT molecular complexity index is 1080. The lowest BCUT2D eigenvalue weighted by Gasteiger charge is -2.11. The normalized spacial score (nSPS) is 11.3. The van der Waals surface area contributed by atoms with Gasteiger partial charge in [0, 0.05) is 5.56 Å². The van der Waals surface area contributed by atoms with Gasteiger partial charge in [-0.15, -0.1) is 10.2 Å². The quantitative estimate of drug-likeness (QED) is 0.700. The second kappa shape index (κ2) is 7.34. The van der Waals surface area contributed by atoms with Crippen LogP contribution in [0.25, 0.3) is 11.3 Å². The van der Waals surface area contributed by atoms with Crippen LogP contribution in [0, 0.1) is 13.8 Å². The largest absolute Gasteiger partial charge is 0.495 e. The minimum absolute atomic E-state index is 0.0773. The molecule has 0 bridgehead atoms. The third-order valence-electron chi connectivity index (χ3n) is 4.07. The number of primary sulfonamides is 1. The van der Waals surface area contributed by atoms with Gasteiger partial charge in [-0.1, -0.05) is 18.2 Å². The fourth-order valence-corrected chi connectivity index (χ4v) is 3.48. The molecule has 140 valence electrons. The molecule has 1 heterocycles. The molecule has 3 N–H and O–H groups in total. The Balaban J connectivity index is 1.90. The summed E-state index contributed by atoms with van der Waals surface area (Å²) in [6.45, 7) is 3.68. The lowest BCUT2D eigenvalue weighted by molar-refractivity contribution is 0.416. The van der Waals surface area contributed by atoms with E-state index < -0.39 is 10.0 Å². The minimum atomic E-state index is -3.80. The molecule has 0 atom stereocenters. The van der Waals surface area contributed by atoms with Gasteiger partial charge in [-0.05, 0) is 55.3 Å². The number of hydrogen-bond acceptors (Lipinski definition) is 6. The Morgan fingerprint density at radius 1 is 1.00 bits per heavy atom. The lowest BCUT2D eigenvalue weighted by atomic mass is 10.1. The van der Waals surface area contributed by atoms with Crippen LogP contribution in [0.4, 0.5) is 11.5 Å². The number of aryl methyl sites for hydroxylation is 2. The lowest BCUT2D eigenvalue weighted by Crippen LogP contribution is -2.13. The smallest absolute Gasteiger partial charge is 0.238 e. The van der Waals surface area contributed by atoms with Crippen LogP contribution >= 0.6 is 0 Å². The summed E-state index contributed by atoms with van der Waals surface area (Å²) in [6, 6.07) is 14.3. The van der Waals surface area contributed by atoms with Crippen LogP contribution < -0.4 is 15.2 Å². The van der Waals surface area contributed by atoms with Crippen LogP contribution in [0.1, 0.15) is 11.1 Å². The van der Waals surface area contributed by atoms with Crippen molar-refractivity contribution in [3.63, 3.8) is 0 Å². The molecule has 0 aliphatic rings. The van der Waals surface area contributed by atoms with Crippen molar-refractivity contribution in [1.82, 2.24) is 10.2 Å². The first-order chi connectivity index (χ1) is 12.8. The van der Waals surface area contributed by atoms with Crippen LogP contribution in [0.2, 0.25) is 0 Å². The Kier molecular flexibility index (Phi) is 5.11. The molecule has 3 aromatic rings. The molecule has 0 fully saturated rings. The Labute approximate surface area is 158 Å². The van der Waals surface area contributed by atoms with Crippen molar-refractivity contribution in [2.24, 2.45) is 5.14 Å². The van der Waals surface area contributed by atoms with Gasteiger partial charge in [-0.3, -0.25) is 0 Å². The van der Waals surface area contributed by atoms with Crippen LogP contribution in [0.15, 0.2) is 53.4 Å². The molecule has 8 heteroatoms. The first-order valence-corrected chi connectivity index (χ1v) is 9.72. The van der Waals surface area contributed by atoms with Gasteiger partial charge in [0.15, 0.2) is 5.82 Å². The monoisotopic (exact) mass is 384 g/mol. The summed E-state index contributed by atoms with van der Waals surface area (Å²) in [5, 5.41) is 16.8. The molecule has 0 unspecified atom stereocenters. The van der Waals surface area contributed by atoms with Gasteiger partial charge in [-0.2, -0.15) is 0 Å². The number of nitrogens with two attached hydrogens (primary N) is 1. The van der Waals surface area contributed by atoms with E-state index in [4.69, 9.17) is 9.88 Å². The molecule has 0 amide bonds. The number of methoxy groups -OCH3 is 1. The number of nitrogens with zero attached hydrogens (tertiary/aromatic N) is 2.